The lowest BCUT2D eigenvalue weighted by Gasteiger charge is -2.40. The number of aromatic hydroxyl groups is 1. The van der Waals surface area contributed by atoms with Gasteiger partial charge in [0.25, 0.3) is 0 Å². The minimum absolute atomic E-state index is 0. The summed E-state index contributed by atoms with van der Waals surface area (Å²) in [6.45, 7) is 0.835. The molecule has 0 aliphatic heterocycles. The molecule has 0 radical (unpaired) electrons. The molecule has 0 aromatic heterocycles. The third-order valence-electron chi connectivity index (χ3n) is 4.21. The summed E-state index contributed by atoms with van der Waals surface area (Å²) in [6, 6.07) is 7.31. The van der Waals surface area contributed by atoms with Crippen molar-refractivity contribution in [3.63, 3.8) is 0 Å². The van der Waals surface area contributed by atoms with E-state index in [4.69, 9.17) is 0 Å². The molecular formula is C16H26BrNO2. The van der Waals surface area contributed by atoms with Gasteiger partial charge in [-0.25, -0.2) is 0 Å². The molecule has 1 atom stereocenters. The van der Waals surface area contributed by atoms with Gasteiger partial charge >= 0.3 is 0 Å². The number of aliphatic hydroxyl groups is 1. The maximum atomic E-state index is 11.0. The van der Waals surface area contributed by atoms with Gasteiger partial charge in [-0.1, -0.05) is 31.4 Å². The number of nitrogens with zero attached hydrogens (tertiary/aromatic N) is 1. The Labute approximate surface area is 132 Å². The van der Waals surface area contributed by atoms with Gasteiger partial charge in [0.2, 0.25) is 0 Å². The molecule has 3 nitrogen and oxygen atoms in total. The van der Waals surface area contributed by atoms with E-state index in [1.54, 1.807) is 12.1 Å². The molecule has 1 aromatic rings. The molecule has 114 valence electrons. The summed E-state index contributed by atoms with van der Waals surface area (Å²) < 4.78 is 0. The van der Waals surface area contributed by atoms with Crippen molar-refractivity contribution in [1.29, 1.82) is 0 Å². The quantitative estimate of drug-likeness (QED) is 0.881. The van der Waals surface area contributed by atoms with Crippen LogP contribution in [-0.2, 0) is 0 Å². The highest BCUT2D eigenvalue weighted by molar-refractivity contribution is 8.93. The summed E-state index contributed by atoms with van der Waals surface area (Å²) in [5, 5.41) is 20.4. The first-order valence-corrected chi connectivity index (χ1v) is 7.17. The van der Waals surface area contributed by atoms with Gasteiger partial charge in [-0.15, -0.1) is 17.0 Å². The van der Waals surface area contributed by atoms with Gasteiger partial charge in [-0.05, 0) is 44.6 Å². The minimum atomic E-state index is -0.598. The number of hydrogen-bond donors (Lipinski definition) is 2. The van der Waals surface area contributed by atoms with E-state index in [9.17, 15) is 10.2 Å². The lowest BCUT2D eigenvalue weighted by molar-refractivity contribution is -0.0277. The molecule has 1 fully saturated rings. The molecule has 0 saturated heterocycles. The van der Waals surface area contributed by atoms with Gasteiger partial charge < -0.3 is 15.1 Å². The first kappa shape index (κ1) is 17.5. The Kier molecular flexibility index (Phi) is 6.49. The maximum absolute atomic E-state index is 11.0. The lowest BCUT2D eigenvalue weighted by Crippen LogP contribution is -2.42. The SMILES string of the molecule is Br.CN(C)CC(c1ccc(O)cc1)C1(O)CCCCC1. The average Bonchev–Trinajstić information content (AvgIpc) is 2.38. The van der Waals surface area contributed by atoms with E-state index in [2.05, 4.69) is 4.90 Å². The molecular weight excluding hydrogens is 318 g/mol. The standard InChI is InChI=1S/C16H25NO2.BrH/c1-17(2)12-15(13-6-8-14(18)9-7-13)16(19)10-4-3-5-11-16;/h6-9,15,18-19H,3-5,10-12H2,1-2H3;1H. The lowest BCUT2D eigenvalue weighted by atomic mass is 9.72. The van der Waals surface area contributed by atoms with Crippen LogP contribution in [-0.4, -0.2) is 41.4 Å². The normalized spacial score (nSPS) is 19.4. The van der Waals surface area contributed by atoms with Crippen LogP contribution in [0.4, 0.5) is 0 Å². The highest BCUT2D eigenvalue weighted by Crippen LogP contribution is 2.40. The fraction of sp³-hybridized carbons (Fsp3) is 0.625. The smallest absolute Gasteiger partial charge is 0.115 e. The monoisotopic (exact) mass is 343 g/mol. The summed E-state index contributed by atoms with van der Waals surface area (Å²) in [7, 11) is 4.08. The molecule has 1 aliphatic rings. The number of benzene rings is 1. The molecule has 0 spiro atoms. The summed E-state index contributed by atoms with van der Waals surface area (Å²) in [5.41, 5.74) is 0.523. The molecule has 1 aliphatic carbocycles. The van der Waals surface area contributed by atoms with Crippen LogP contribution in [0.2, 0.25) is 0 Å². The van der Waals surface area contributed by atoms with Crippen LogP contribution in [0.5, 0.6) is 5.75 Å². The predicted molar refractivity (Wildman–Crippen MR) is 87.8 cm³/mol. The predicted octanol–water partition coefficient (Wildman–Crippen LogP) is 3.31. The van der Waals surface area contributed by atoms with Crippen LogP contribution >= 0.6 is 17.0 Å². The number of hydrogen-bond acceptors (Lipinski definition) is 3. The van der Waals surface area contributed by atoms with Crippen LogP contribution in [0.3, 0.4) is 0 Å². The third-order valence-corrected chi connectivity index (χ3v) is 4.21. The van der Waals surface area contributed by atoms with E-state index in [1.807, 2.05) is 26.2 Å². The zero-order valence-corrected chi connectivity index (χ0v) is 14.1. The summed E-state index contributed by atoms with van der Waals surface area (Å²) in [5.74, 6) is 0.395. The van der Waals surface area contributed by atoms with Crippen molar-refractivity contribution in [1.82, 2.24) is 4.90 Å². The van der Waals surface area contributed by atoms with Gasteiger partial charge in [0.15, 0.2) is 0 Å². The fourth-order valence-electron chi connectivity index (χ4n) is 3.17. The first-order valence-electron chi connectivity index (χ1n) is 7.17. The Morgan fingerprint density at radius 2 is 1.65 bits per heavy atom. The molecule has 2 rings (SSSR count). The van der Waals surface area contributed by atoms with Gasteiger partial charge in [0.05, 0.1) is 5.60 Å². The topological polar surface area (TPSA) is 43.7 Å². The van der Waals surface area contributed by atoms with Crippen molar-refractivity contribution >= 4 is 17.0 Å². The van der Waals surface area contributed by atoms with Gasteiger partial charge in [-0.2, -0.15) is 0 Å². The number of likely N-dealkylation sites (N-methyl/N-ethyl adjacent to an activating group) is 1. The van der Waals surface area contributed by atoms with Crippen molar-refractivity contribution in [2.45, 2.75) is 43.6 Å². The van der Waals surface area contributed by atoms with Crippen molar-refractivity contribution < 1.29 is 10.2 Å². The molecule has 2 N–H and O–H groups in total. The molecule has 0 bridgehead atoms. The zero-order valence-electron chi connectivity index (χ0n) is 12.4. The third kappa shape index (κ3) is 4.21. The number of phenols is 1. The molecule has 1 saturated carbocycles. The molecule has 4 heteroatoms. The largest absolute Gasteiger partial charge is 0.508 e. The van der Waals surface area contributed by atoms with Crippen LogP contribution in [0, 0.1) is 0 Å². The average molecular weight is 344 g/mol. The first-order chi connectivity index (χ1) is 9.01. The molecule has 1 unspecified atom stereocenters. The van der Waals surface area contributed by atoms with E-state index in [-0.39, 0.29) is 28.6 Å². The van der Waals surface area contributed by atoms with Crippen LogP contribution in [0.25, 0.3) is 0 Å². The second-order valence-electron chi connectivity index (χ2n) is 6.07. The second kappa shape index (κ2) is 7.43. The summed E-state index contributed by atoms with van der Waals surface area (Å²) >= 11 is 0. The highest BCUT2D eigenvalue weighted by Gasteiger charge is 2.38. The molecule has 20 heavy (non-hydrogen) atoms. The van der Waals surface area contributed by atoms with Gasteiger partial charge in [0, 0.05) is 12.5 Å². The van der Waals surface area contributed by atoms with E-state index < -0.39 is 5.60 Å². The number of halogens is 1. The number of phenolic OH excluding ortho intramolecular Hbond substituents is 1. The van der Waals surface area contributed by atoms with E-state index in [1.165, 1.54) is 6.42 Å². The van der Waals surface area contributed by atoms with Gasteiger partial charge in [-0.3, -0.25) is 0 Å². The zero-order chi connectivity index (χ0) is 13.9. The van der Waals surface area contributed by atoms with Crippen molar-refractivity contribution in [2.24, 2.45) is 0 Å². The Hall–Kier alpha value is -0.580. The second-order valence-corrected chi connectivity index (χ2v) is 6.07. The Morgan fingerprint density at radius 3 is 2.15 bits per heavy atom. The molecule has 0 heterocycles. The van der Waals surface area contributed by atoms with E-state index >= 15 is 0 Å². The van der Waals surface area contributed by atoms with Crippen LogP contribution in [0.1, 0.15) is 43.6 Å². The Balaban J connectivity index is 0.00000200. The van der Waals surface area contributed by atoms with Crippen molar-refractivity contribution in [3.05, 3.63) is 29.8 Å². The Bertz CT molecular complexity index is 399. The van der Waals surface area contributed by atoms with Gasteiger partial charge in [0.1, 0.15) is 5.75 Å². The molecule has 0 amide bonds. The van der Waals surface area contributed by atoms with Crippen molar-refractivity contribution in [3.8, 4) is 5.75 Å². The molecule has 1 aromatic carbocycles. The van der Waals surface area contributed by atoms with Crippen molar-refractivity contribution in [2.75, 3.05) is 20.6 Å². The summed E-state index contributed by atoms with van der Waals surface area (Å²) in [6.07, 6.45) is 5.21. The van der Waals surface area contributed by atoms with E-state index in [0.29, 0.717) is 0 Å². The number of rotatable bonds is 4. The van der Waals surface area contributed by atoms with Crippen LogP contribution in [0.15, 0.2) is 24.3 Å². The summed E-state index contributed by atoms with van der Waals surface area (Å²) in [4.78, 5) is 2.13. The van der Waals surface area contributed by atoms with E-state index in [0.717, 1.165) is 37.8 Å². The maximum Gasteiger partial charge on any atom is 0.115 e. The van der Waals surface area contributed by atoms with Crippen LogP contribution < -0.4 is 0 Å². The minimum Gasteiger partial charge on any atom is -0.508 e. The highest BCUT2D eigenvalue weighted by atomic mass is 79.9. The fourth-order valence-corrected chi connectivity index (χ4v) is 3.17. The Morgan fingerprint density at radius 1 is 1.10 bits per heavy atom.